The molecular formula is C28H21BrN2O3. The average Bonchev–Trinajstić information content (AvgIpc) is 3.32. The van der Waals surface area contributed by atoms with Crippen molar-refractivity contribution < 1.29 is 14.4 Å². The molecule has 3 aliphatic rings. The maximum absolute atomic E-state index is 13.9. The number of fused-ring (bicyclic) bond motifs is 5. The first-order valence-corrected chi connectivity index (χ1v) is 12.1. The number of carbonyl (C=O) groups excluding carboxylic acids is 3. The summed E-state index contributed by atoms with van der Waals surface area (Å²) in [5.41, 5.74) is 4.11. The average molecular weight is 513 g/mol. The molecule has 6 heteroatoms. The standard InChI is InChI=1S/C28H21BrN2O3/c1-15-6-8-16(9-7-15)21-27(33)22-23(28(21)34)25(26(32)17-10-12-19(29)13-11-17)31-24(22)20-5-3-2-4-18(20)14-30-31/h2-14,21-25H,1H3. The van der Waals surface area contributed by atoms with Gasteiger partial charge in [-0.05, 0) is 35.7 Å². The molecule has 1 saturated carbocycles. The normalized spacial score (nSPS) is 26.9. The van der Waals surface area contributed by atoms with E-state index in [1.54, 1.807) is 23.4 Å². The molecule has 0 spiro atoms. The second-order valence-corrected chi connectivity index (χ2v) is 10.1. The second-order valence-electron chi connectivity index (χ2n) is 9.21. The van der Waals surface area contributed by atoms with Crippen LogP contribution in [0.5, 0.6) is 0 Å². The van der Waals surface area contributed by atoms with Gasteiger partial charge < -0.3 is 0 Å². The Morgan fingerprint density at radius 3 is 2.29 bits per heavy atom. The van der Waals surface area contributed by atoms with Crippen LogP contribution in [0.15, 0.2) is 82.4 Å². The van der Waals surface area contributed by atoms with Crippen LogP contribution in [0.25, 0.3) is 0 Å². The highest BCUT2D eigenvalue weighted by molar-refractivity contribution is 9.10. The van der Waals surface area contributed by atoms with E-state index in [9.17, 15) is 14.4 Å². The highest BCUT2D eigenvalue weighted by Crippen LogP contribution is 2.55. The monoisotopic (exact) mass is 512 g/mol. The molecule has 2 aliphatic heterocycles. The Bertz CT molecular complexity index is 1360. The van der Waals surface area contributed by atoms with Gasteiger partial charge in [0.1, 0.15) is 12.0 Å². The molecule has 0 radical (unpaired) electrons. The zero-order valence-electron chi connectivity index (χ0n) is 18.4. The van der Waals surface area contributed by atoms with E-state index in [0.29, 0.717) is 11.1 Å². The van der Waals surface area contributed by atoms with Crippen molar-refractivity contribution in [3.63, 3.8) is 0 Å². The molecule has 0 bridgehead atoms. The van der Waals surface area contributed by atoms with E-state index in [1.165, 1.54) is 0 Å². The van der Waals surface area contributed by atoms with Crippen LogP contribution in [0, 0.1) is 18.8 Å². The third kappa shape index (κ3) is 3.05. The number of ketones is 3. The number of carbonyl (C=O) groups is 3. The number of benzene rings is 3. The molecule has 3 aromatic rings. The third-order valence-corrected chi connectivity index (χ3v) is 7.84. The Balaban J connectivity index is 1.49. The number of halogens is 1. The fourth-order valence-corrected chi connectivity index (χ4v) is 6.01. The fraction of sp³-hybridized carbons (Fsp3) is 0.214. The molecule has 2 heterocycles. The number of rotatable bonds is 3. The summed E-state index contributed by atoms with van der Waals surface area (Å²) >= 11 is 3.41. The summed E-state index contributed by atoms with van der Waals surface area (Å²) in [5.74, 6) is -2.71. The van der Waals surface area contributed by atoms with Crippen LogP contribution in [0.4, 0.5) is 0 Å². The number of hydrogen-bond donors (Lipinski definition) is 0. The number of aryl methyl sites for hydroxylation is 1. The summed E-state index contributed by atoms with van der Waals surface area (Å²) in [5, 5.41) is 6.32. The quantitative estimate of drug-likeness (QED) is 0.370. The van der Waals surface area contributed by atoms with Crippen molar-refractivity contribution in [3.05, 3.63) is 105 Å². The zero-order valence-corrected chi connectivity index (χ0v) is 20.0. The second kappa shape index (κ2) is 7.84. The molecule has 5 nitrogen and oxygen atoms in total. The maximum atomic E-state index is 13.9. The van der Waals surface area contributed by atoms with E-state index in [1.807, 2.05) is 67.6 Å². The molecule has 0 amide bonds. The fourth-order valence-electron chi connectivity index (χ4n) is 5.75. The van der Waals surface area contributed by atoms with Gasteiger partial charge in [-0.2, -0.15) is 5.10 Å². The Morgan fingerprint density at radius 2 is 1.56 bits per heavy atom. The first-order valence-electron chi connectivity index (χ1n) is 11.3. The highest BCUT2D eigenvalue weighted by atomic mass is 79.9. The van der Waals surface area contributed by atoms with Crippen LogP contribution in [0.1, 0.15) is 44.6 Å². The predicted molar refractivity (Wildman–Crippen MR) is 132 cm³/mol. The van der Waals surface area contributed by atoms with Crippen molar-refractivity contribution in [2.24, 2.45) is 16.9 Å². The molecule has 6 rings (SSSR count). The van der Waals surface area contributed by atoms with Crippen LogP contribution in [-0.2, 0) is 9.59 Å². The molecule has 0 aromatic heterocycles. The Labute approximate surface area is 205 Å². The van der Waals surface area contributed by atoms with E-state index in [-0.39, 0.29) is 17.3 Å². The van der Waals surface area contributed by atoms with Gasteiger partial charge >= 0.3 is 0 Å². The SMILES string of the molecule is Cc1ccc(C2C(=O)C3C(C2=O)C2c4ccccc4C=NN2C3C(=O)c2ccc(Br)cc2)cc1. The predicted octanol–water partition coefficient (Wildman–Crippen LogP) is 4.88. The molecule has 2 fully saturated rings. The molecule has 0 N–H and O–H groups in total. The Kier molecular flexibility index (Phi) is 4.88. The third-order valence-electron chi connectivity index (χ3n) is 7.32. The van der Waals surface area contributed by atoms with Gasteiger partial charge in [-0.1, -0.05) is 82.2 Å². The first-order chi connectivity index (χ1) is 16.5. The summed E-state index contributed by atoms with van der Waals surface area (Å²) in [4.78, 5) is 41.6. The van der Waals surface area contributed by atoms with Gasteiger partial charge in [0.25, 0.3) is 0 Å². The molecule has 5 unspecified atom stereocenters. The van der Waals surface area contributed by atoms with Crippen LogP contribution in [-0.4, -0.2) is 34.6 Å². The van der Waals surface area contributed by atoms with Gasteiger partial charge in [0.05, 0.1) is 24.1 Å². The summed E-state index contributed by atoms with van der Waals surface area (Å²) in [6.07, 6.45) is 1.72. The van der Waals surface area contributed by atoms with E-state index in [0.717, 1.165) is 21.2 Å². The number of hydrazone groups is 1. The van der Waals surface area contributed by atoms with Crippen molar-refractivity contribution in [2.75, 3.05) is 0 Å². The number of hydrogen-bond acceptors (Lipinski definition) is 5. The smallest absolute Gasteiger partial charge is 0.187 e. The Hall–Kier alpha value is -3.38. The van der Waals surface area contributed by atoms with Gasteiger partial charge in [0, 0.05) is 10.0 Å². The highest BCUT2D eigenvalue weighted by Gasteiger charge is 2.65. The van der Waals surface area contributed by atoms with Gasteiger partial charge in [-0.15, -0.1) is 0 Å². The minimum Gasteiger partial charge on any atom is -0.298 e. The lowest BCUT2D eigenvalue weighted by atomic mass is 9.83. The minimum atomic E-state index is -0.851. The summed E-state index contributed by atoms with van der Waals surface area (Å²) in [6.45, 7) is 1.97. The molecule has 3 aromatic carbocycles. The number of nitrogens with zero attached hydrogens (tertiary/aromatic N) is 2. The van der Waals surface area contributed by atoms with E-state index in [4.69, 9.17) is 0 Å². The van der Waals surface area contributed by atoms with Crippen molar-refractivity contribution >= 4 is 39.5 Å². The minimum absolute atomic E-state index is 0.119. The maximum Gasteiger partial charge on any atom is 0.187 e. The van der Waals surface area contributed by atoms with Crippen LogP contribution in [0.3, 0.4) is 0 Å². The molecule has 34 heavy (non-hydrogen) atoms. The zero-order chi connectivity index (χ0) is 23.6. The van der Waals surface area contributed by atoms with Gasteiger partial charge in [0.2, 0.25) is 0 Å². The summed E-state index contributed by atoms with van der Waals surface area (Å²) in [7, 11) is 0. The first kappa shape index (κ1) is 21.2. The van der Waals surface area contributed by atoms with E-state index >= 15 is 0 Å². The van der Waals surface area contributed by atoms with Gasteiger partial charge in [0.15, 0.2) is 17.3 Å². The van der Waals surface area contributed by atoms with Crippen molar-refractivity contribution in [1.82, 2.24) is 5.01 Å². The molecule has 5 atom stereocenters. The molecule has 168 valence electrons. The van der Waals surface area contributed by atoms with Crippen LogP contribution >= 0.6 is 15.9 Å². The lowest BCUT2D eigenvalue weighted by Gasteiger charge is -2.33. The molecule has 1 saturated heterocycles. The summed E-state index contributed by atoms with van der Waals surface area (Å²) in [6, 6.07) is 21.2. The lowest BCUT2D eigenvalue weighted by Crippen LogP contribution is -2.41. The molecular weight excluding hydrogens is 492 g/mol. The van der Waals surface area contributed by atoms with E-state index < -0.39 is 29.8 Å². The Morgan fingerprint density at radius 1 is 0.882 bits per heavy atom. The van der Waals surface area contributed by atoms with E-state index in [2.05, 4.69) is 21.0 Å². The molecule has 1 aliphatic carbocycles. The van der Waals surface area contributed by atoms with Crippen molar-refractivity contribution in [3.8, 4) is 0 Å². The van der Waals surface area contributed by atoms with Gasteiger partial charge in [-0.25, -0.2) is 0 Å². The van der Waals surface area contributed by atoms with Crippen LogP contribution in [0.2, 0.25) is 0 Å². The lowest BCUT2D eigenvalue weighted by molar-refractivity contribution is -0.126. The van der Waals surface area contributed by atoms with Crippen molar-refractivity contribution in [1.29, 1.82) is 0 Å². The largest absolute Gasteiger partial charge is 0.298 e. The number of Topliss-reactive ketones (excluding diaryl/α,β-unsaturated/α-hetero) is 3. The summed E-state index contributed by atoms with van der Waals surface area (Å²) < 4.78 is 0.864. The van der Waals surface area contributed by atoms with Gasteiger partial charge in [-0.3, -0.25) is 19.4 Å². The van der Waals surface area contributed by atoms with Crippen molar-refractivity contribution in [2.45, 2.75) is 24.9 Å². The van der Waals surface area contributed by atoms with Crippen LogP contribution < -0.4 is 0 Å². The topological polar surface area (TPSA) is 66.8 Å².